The number of hydrogen-bond donors (Lipinski definition) is 4. The number of H-pyrrole nitrogens is 1. The number of aromatic amines is 1. The minimum atomic E-state index is 0.0939. The van der Waals surface area contributed by atoms with Gasteiger partial charge in [0.25, 0.3) is 0 Å². The Labute approximate surface area is 107 Å². The minimum Gasteiger partial charge on any atom is -0.383 e. The quantitative estimate of drug-likeness (QED) is 0.491. The molecule has 0 atom stereocenters. The second kappa shape index (κ2) is 4.56. The van der Waals surface area contributed by atoms with Gasteiger partial charge in [0.15, 0.2) is 0 Å². The van der Waals surface area contributed by atoms with Crippen molar-refractivity contribution in [1.29, 1.82) is 0 Å². The van der Waals surface area contributed by atoms with Crippen LogP contribution in [0.5, 0.6) is 0 Å². The van der Waals surface area contributed by atoms with Gasteiger partial charge in [-0.05, 0) is 12.1 Å². The highest BCUT2D eigenvalue weighted by molar-refractivity contribution is 7.71. The van der Waals surface area contributed by atoms with E-state index >= 15 is 0 Å². The maximum Gasteiger partial charge on any atom is 0.223 e. The zero-order chi connectivity index (χ0) is 12.4. The Bertz CT molecular complexity index is 590. The molecule has 88 valence electrons. The summed E-state index contributed by atoms with van der Waals surface area (Å²) in [4.78, 5) is 10.5. The van der Waals surface area contributed by atoms with E-state index in [4.69, 9.17) is 35.3 Å². The van der Waals surface area contributed by atoms with Crippen LogP contribution < -0.4 is 16.8 Å². The molecule has 0 spiro atoms. The van der Waals surface area contributed by atoms with E-state index < -0.39 is 0 Å². The van der Waals surface area contributed by atoms with Crippen molar-refractivity contribution >= 4 is 47.1 Å². The molecule has 0 bridgehead atoms. The predicted molar refractivity (Wildman–Crippen MR) is 70.8 cm³/mol. The van der Waals surface area contributed by atoms with Crippen molar-refractivity contribution in [2.45, 2.75) is 0 Å². The third kappa shape index (κ3) is 2.83. The number of nitrogen functional groups attached to an aromatic ring is 2. The van der Waals surface area contributed by atoms with Gasteiger partial charge in [0.2, 0.25) is 5.95 Å². The van der Waals surface area contributed by atoms with Crippen molar-refractivity contribution in [3.63, 3.8) is 0 Å². The lowest BCUT2D eigenvalue weighted by molar-refractivity contribution is 1.19. The van der Waals surface area contributed by atoms with E-state index in [1.165, 1.54) is 0 Å². The molecule has 8 heteroatoms. The fourth-order valence-corrected chi connectivity index (χ4v) is 1.68. The second-order valence-corrected chi connectivity index (χ2v) is 4.03. The Balaban J connectivity index is 2.34. The fourth-order valence-electron chi connectivity index (χ4n) is 1.24. The SMILES string of the molecule is Nc1cc(Nc2ccc(Cl)[nH]c2=S)nc(N)n1. The van der Waals surface area contributed by atoms with Crippen molar-refractivity contribution in [3.8, 4) is 0 Å². The van der Waals surface area contributed by atoms with Gasteiger partial charge >= 0.3 is 0 Å². The van der Waals surface area contributed by atoms with Gasteiger partial charge in [-0.3, -0.25) is 0 Å². The zero-order valence-corrected chi connectivity index (χ0v) is 10.1. The molecule has 0 aliphatic rings. The standard InChI is InChI=1S/C9H9ClN6S/c10-5-2-1-4(8(17)14-5)13-7-3-6(11)15-9(12)16-7/h1-3H,(H,14,17)(H5,11,12,13,15,16). The Hall–Kier alpha value is -1.86. The topological polar surface area (TPSA) is 106 Å². The Morgan fingerprint density at radius 3 is 2.71 bits per heavy atom. The van der Waals surface area contributed by atoms with Gasteiger partial charge in [-0.1, -0.05) is 23.8 Å². The van der Waals surface area contributed by atoms with Crippen LogP contribution in [0.25, 0.3) is 0 Å². The first-order chi connectivity index (χ1) is 8.04. The van der Waals surface area contributed by atoms with Crippen LogP contribution in [0.1, 0.15) is 0 Å². The predicted octanol–water partition coefficient (Wildman–Crippen LogP) is 2.10. The first-order valence-electron chi connectivity index (χ1n) is 4.60. The van der Waals surface area contributed by atoms with Gasteiger partial charge in [-0.25, -0.2) is 0 Å². The zero-order valence-electron chi connectivity index (χ0n) is 8.57. The average Bonchev–Trinajstić information content (AvgIpc) is 2.21. The third-order valence-electron chi connectivity index (χ3n) is 1.90. The summed E-state index contributed by atoms with van der Waals surface area (Å²) >= 11 is 10.9. The lowest BCUT2D eigenvalue weighted by Crippen LogP contribution is -2.03. The van der Waals surface area contributed by atoms with Crippen molar-refractivity contribution in [1.82, 2.24) is 15.0 Å². The summed E-state index contributed by atoms with van der Waals surface area (Å²) in [6.07, 6.45) is 0. The normalized spacial score (nSPS) is 10.2. The third-order valence-corrected chi connectivity index (χ3v) is 2.44. The lowest BCUT2D eigenvalue weighted by Gasteiger charge is -2.07. The van der Waals surface area contributed by atoms with Crippen LogP contribution in [0.3, 0.4) is 0 Å². The highest BCUT2D eigenvalue weighted by Gasteiger charge is 2.02. The Morgan fingerprint density at radius 1 is 1.29 bits per heavy atom. The first-order valence-corrected chi connectivity index (χ1v) is 5.39. The van der Waals surface area contributed by atoms with Crippen molar-refractivity contribution in [2.75, 3.05) is 16.8 Å². The summed E-state index contributed by atoms with van der Waals surface area (Å²) in [6.45, 7) is 0. The number of halogens is 1. The molecule has 17 heavy (non-hydrogen) atoms. The summed E-state index contributed by atoms with van der Waals surface area (Å²) in [6, 6.07) is 4.96. The second-order valence-electron chi connectivity index (χ2n) is 3.21. The van der Waals surface area contributed by atoms with E-state index in [0.717, 1.165) is 0 Å². The van der Waals surface area contributed by atoms with E-state index in [-0.39, 0.29) is 11.8 Å². The van der Waals surface area contributed by atoms with E-state index in [0.29, 0.717) is 21.3 Å². The highest BCUT2D eigenvalue weighted by atomic mass is 35.5. The van der Waals surface area contributed by atoms with Crippen LogP contribution in [0, 0.1) is 4.64 Å². The lowest BCUT2D eigenvalue weighted by atomic mass is 10.4. The van der Waals surface area contributed by atoms with Gasteiger partial charge in [-0.15, -0.1) is 0 Å². The van der Waals surface area contributed by atoms with Crippen molar-refractivity contribution < 1.29 is 0 Å². The van der Waals surface area contributed by atoms with Gasteiger partial charge < -0.3 is 21.8 Å². The summed E-state index contributed by atoms with van der Waals surface area (Å²) < 4.78 is 0.466. The van der Waals surface area contributed by atoms with Gasteiger partial charge in [0, 0.05) is 6.07 Å². The van der Waals surface area contributed by atoms with E-state index in [1.54, 1.807) is 18.2 Å². The number of anilines is 4. The number of aromatic nitrogens is 3. The van der Waals surface area contributed by atoms with Crippen LogP contribution in [0.4, 0.5) is 23.3 Å². The summed E-state index contributed by atoms with van der Waals surface area (Å²) in [5.41, 5.74) is 11.7. The molecule has 0 saturated carbocycles. The summed E-state index contributed by atoms with van der Waals surface area (Å²) in [5, 5.41) is 3.44. The molecule has 0 aliphatic carbocycles. The van der Waals surface area contributed by atoms with E-state index in [9.17, 15) is 0 Å². The molecular formula is C9H9ClN6S. The summed E-state index contributed by atoms with van der Waals surface area (Å²) in [5.74, 6) is 0.844. The molecule has 0 unspecified atom stereocenters. The monoisotopic (exact) mass is 268 g/mol. The molecule has 0 aliphatic heterocycles. The number of hydrogen-bond acceptors (Lipinski definition) is 6. The van der Waals surface area contributed by atoms with Gasteiger partial charge in [0.1, 0.15) is 21.4 Å². The maximum atomic E-state index is 5.75. The average molecular weight is 269 g/mol. The molecule has 6 N–H and O–H groups in total. The summed E-state index contributed by atoms with van der Waals surface area (Å²) in [7, 11) is 0. The highest BCUT2D eigenvalue weighted by Crippen LogP contribution is 2.18. The smallest absolute Gasteiger partial charge is 0.223 e. The Kier molecular flexibility index (Phi) is 3.12. The molecule has 2 rings (SSSR count). The van der Waals surface area contributed by atoms with Crippen LogP contribution in [-0.4, -0.2) is 15.0 Å². The molecule has 0 amide bonds. The van der Waals surface area contributed by atoms with Crippen LogP contribution >= 0.6 is 23.8 Å². The number of nitrogens with one attached hydrogen (secondary N) is 2. The van der Waals surface area contributed by atoms with Gasteiger partial charge in [-0.2, -0.15) is 9.97 Å². The van der Waals surface area contributed by atoms with Crippen molar-refractivity contribution in [3.05, 3.63) is 28.0 Å². The van der Waals surface area contributed by atoms with E-state index in [2.05, 4.69) is 20.3 Å². The number of nitrogens with zero attached hydrogens (tertiary/aromatic N) is 2. The van der Waals surface area contributed by atoms with Crippen LogP contribution in [0.15, 0.2) is 18.2 Å². The molecular weight excluding hydrogens is 260 g/mol. The first kappa shape index (κ1) is 11.6. The molecule has 0 fully saturated rings. The van der Waals surface area contributed by atoms with E-state index in [1.807, 2.05) is 0 Å². The molecule has 2 aromatic rings. The van der Waals surface area contributed by atoms with Crippen LogP contribution in [0.2, 0.25) is 5.15 Å². The minimum absolute atomic E-state index is 0.0939. The molecule has 0 saturated heterocycles. The molecule has 0 aromatic carbocycles. The van der Waals surface area contributed by atoms with Crippen LogP contribution in [-0.2, 0) is 0 Å². The number of nitrogens with two attached hydrogens (primary N) is 2. The molecule has 6 nitrogen and oxygen atoms in total. The van der Waals surface area contributed by atoms with Crippen molar-refractivity contribution in [2.24, 2.45) is 0 Å². The molecule has 2 heterocycles. The molecule has 2 aromatic heterocycles. The Morgan fingerprint density at radius 2 is 2.06 bits per heavy atom. The largest absolute Gasteiger partial charge is 0.383 e. The number of pyridine rings is 1. The maximum absolute atomic E-state index is 5.75. The number of rotatable bonds is 2. The molecule has 0 radical (unpaired) electrons. The fraction of sp³-hybridized carbons (Fsp3) is 0. The van der Waals surface area contributed by atoms with Gasteiger partial charge in [0.05, 0.1) is 5.69 Å².